The Bertz CT molecular complexity index is 1460. The highest BCUT2D eigenvalue weighted by atomic mass is 79.9. The van der Waals surface area contributed by atoms with Crippen LogP contribution in [0.2, 0.25) is 0 Å². The third-order valence-electron chi connectivity index (χ3n) is 5.55. The number of rotatable bonds is 10. The standard InChI is InChI=1S/C26H23Br2N5O2S/c1-36-26-30-20-12-13-29-21(22(20)32(26)16-34-14-18-8-4-2-5-9-18)25-31-23(27)24(28)33(25)17-35-15-19-10-6-3-7-11-19/h2-13H,14-17H2,1H3. The Morgan fingerprint density at radius 3 is 2.03 bits per heavy atom. The minimum atomic E-state index is 0.301. The van der Waals surface area contributed by atoms with Gasteiger partial charge in [0.15, 0.2) is 11.0 Å². The predicted molar refractivity (Wildman–Crippen MR) is 148 cm³/mol. The molecule has 0 radical (unpaired) electrons. The van der Waals surface area contributed by atoms with Gasteiger partial charge in [0.25, 0.3) is 0 Å². The van der Waals surface area contributed by atoms with Crippen molar-refractivity contribution in [3.05, 3.63) is 93.3 Å². The molecule has 0 saturated carbocycles. The van der Waals surface area contributed by atoms with Crippen molar-refractivity contribution in [3.63, 3.8) is 0 Å². The molecule has 0 aliphatic rings. The van der Waals surface area contributed by atoms with E-state index in [9.17, 15) is 0 Å². The van der Waals surface area contributed by atoms with Crippen LogP contribution in [0.1, 0.15) is 11.1 Å². The molecule has 0 amide bonds. The number of aromatic nitrogens is 5. The van der Waals surface area contributed by atoms with E-state index >= 15 is 0 Å². The van der Waals surface area contributed by atoms with E-state index in [1.807, 2.05) is 65.4 Å². The Hall–Kier alpha value is -2.50. The number of ether oxygens (including phenoxy) is 2. The van der Waals surface area contributed by atoms with Crippen molar-refractivity contribution in [2.75, 3.05) is 6.26 Å². The van der Waals surface area contributed by atoms with E-state index in [0.717, 1.165) is 31.9 Å². The van der Waals surface area contributed by atoms with E-state index in [2.05, 4.69) is 48.6 Å². The first kappa shape index (κ1) is 25.2. The van der Waals surface area contributed by atoms with Crippen molar-refractivity contribution in [2.24, 2.45) is 0 Å². The summed E-state index contributed by atoms with van der Waals surface area (Å²) in [5, 5.41) is 0.851. The van der Waals surface area contributed by atoms with Gasteiger partial charge in [-0.05, 0) is 55.3 Å². The molecule has 0 aliphatic carbocycles. The molecule has 0 bridgehead atoms. The Balaban J connectivity index is 1.47. The molecule has 2 aromatic carbocycles. The van der Waals surface area contributed by atoms with Crippen LogP contribution in [-0.4, -0.2) is 30.3 Å². The number of halogens is 2. The fourth-order valence-corrected chi connectivity index (χ4v) is 5.15. The fourth-order valence-electron chi connectivity index (χ4n) is 3.86. The second-order valence-electron chi connectivity index (χ2n) is 7.93. The molecule has 10 heteroatoms. The molecule has 36 heavy (non-hydrogen) atoms. The third-order valence-corrected chi connectivity index (χ3v) is 8.11. The monoisotopic (exact) mass is 627 g/mol. The molecular weight excluding hydrogens is 606 g/mol. The molecule has 0 atom stereocenters. The summed E-state index contributed by atoms with van der Waals surface area (Å²) < 4.78 is 17.6. The predicted octanol–water partition coefficient (Wildman–Crippen LogP) is 6.89. The van der Waals surface area contributed by atoms with E-state index in [1.54, 1.807) is 18.0 Å². The SMILES string of the molecule is CSc1nc2ccnc(-c3nc(Br)c(Br)n3COCc3ccccc3)c2n1COCc1ccccc1. The van der Waals surface area contributed by atoms with Crippen LogP contribution in [0.25, 0.3) is 22.6 Å². The van der Waals surface area contributed by atoms with Crippen LogP contribution in [-0.2, 0) is 36.1 Å². The zero-order chi connectivity index (χ0) is 24.9. The van der Waals surface area contributed by atoms with Gasteiger partial charge in [-0.3, -0.25) is 14.1 Å². The second-order valence-corrected chi connectivity index (χ2v) is 10.2. The Kier molecular flexibility index (Phi) is 8.18. The zero-order valence-corrected chi connectivity index (χ0v) is 23.5. The summed E-state index contributed by atoms with van der Waals surface area (Å²) in [4.78, 5) is 14.3. The van der Waals surface area contributed by atoms with Crippen molar-refractivity contribution in [2.45, 2.75) is 31.8 Å². The topological polar surface area (TPSA) is 67.0 Å². The summed E-state index contributed by atoms with van der Waals surface area (Å²) >= 11 is 8.77. The van der Waals surface area contributed by atoms with Crippen LogP contribution < -0.4 is 0 Å². The van der Waals surface area contributed by atoms with Crippen LogP contribution in [0, 0.1) is 0 Å². The maximum Gasteiger partial charge on any atom is 0.170 e. The van der Waals surface area contributed by atoms with Gasteiger partial charge in [0.2, 0.25) is 0 Å². The molecule has 0 spiro atoms. The van der Waals surface area contributed by atoms with Crippen LogP contribution in [0.5, 0.6) is 0 Å². The van der Waals surface area contributed by atoms with Crippen LogP contribution in [0.15, 0.2) is 87.3 Å². The lowest BCUT2D eigenvalue weighted by atomic mass is 10.2. The van der Waals surface area contributed by atoms with E-state index in [4.69, 9.17) is 24.4 Å². The highest BCUT2D eigenvalue weighted by Gasteiger charge is 2.22. The van der Waals surface area contributed by atoms with Crippen molar-refractivity contribution in [3.8, 4) is 11.5 Å². The van der Waals surface area contributed by atoms with Crippen molar-refractivity contribution >= 4 is 54.7 Å². The average Bonchev–Trinajstić information content (AvgIpc) is 3.42. The normalized spacial score (nSPS) is 11.4. The van der Waals surface area contributed by atoms with Crippen LogP contribution in [0.4, 0.5) is 0 Å². The molecule has 0 aliphatic heterocycles. The molecule has 5 aromatic rings. The molecule has 0 N–H and O–H groups in total. The molecule has 184 valence electrons. The molecule has 5 rings (SSSR count). The summed E-state index contributed by atoms with van der Waals surface area (Å²) in [6.45, 7) is 1.63. The number of pyridine rings is 1. The Labute approximate surface area is 230 Å². The number of hydrogen-bond donors (Lipinski definition) is 0. The molecule has 3 heterocycles. The number of hydrogen-bond acceptors (Lipinski definition) is 6. The summed E-state index contributed by atoms with van der Waals surface area (Å²) in [5.41, 5.74) is 4.62. The first-order chi connectivity index (χ1) is 17.7. The van der Waals surface area contributed by atoms with Gasteiger partial charge in [-0.1, -0.05) is 72.4 Å². The smallest absolute Gasteiger partial charge is 0.170 e. The lowest BCUT2D eigenvalue weighted by Crippen LogP contribution is -2.08. The van der Waals surface area contributed by atoms with Gasteiger partial charge < -0.3 is 9.47 Å². The van der Waals surface area contributed by atoms with Crippen LogP contribution >= 0.6 is 43.6 Å². The molecule has 0 unspecified atom stereocenters. The van der Waals surface area contributed by atoms with Gasteiger partial charge in [-0.25, -0.2) is 9.97 Å². The van der Waals surface area contributed by atoms with Gasteiger partial charge in [-0.15, -0.1) is 0 Å². The maximum atomic E-state index is 6.09. The summed E-state index contributed by atoms with van der Waals surface area (Å²) in [6, 6.07) is 22.1. The average molecular weight is 629 g/mol. The highest BCUT2D eigenvalue weighted by Crippen LogP contribution is 2.34. The summed E-state index contributed by atoms with van der Waals surface area (Å²) in [6.07, 6.45) is 3.77. The lowest BCUT2D eigenvalue weighted by Gasteiger charge is -2.13. The van der Waals surface area contributed by atoms with Crippen molar-refractivity contribution in [1.29, 1.82) is 0 Å². The Morgan fingerprint density at radius 2 is 1.42 bits per heavy atom. The van der Waals surface area contributed by atoms with Gasteiger partial charge >= 0.3 is 0 Å². The Morgan fingerprint density at radius 1 is 0.806 bits per heavy atom. The van der Waals surface area contributed by atoms with Gasteiger partial charge in [0, 0.05) is 6.20 Å². The summed E-state index contributed by atoms with van der Waals surface area (Å²) in [5.74, 6) is 0.671. The number of fused-ring (bicyclic) bond motifs is 1. The van der Waals surface area contributed by atoms with E-state index in [1.165, 1.54) is 0 Å². The van der Waals surface area contributed by atoms with Gasteiger partial charge in [0.1, 0.15) is 33.9 Å². The minimum Gasteiger partial charge on any atom is -0.356 e. The largest absolute Gasteiger partial charge is 0.356 e. The van der Waals surface area contributed by atoms with Crippen molar-refractivity contribution < 1.29 is 9.47 Å². The van der Waals surface area contributed by atoms with E-state index in [-0.39, 0.29) is 0 Å². The maximum absolute atomic E-state index is 6.09. The number of imidazole rings is 2. The molecular formula is C26H23Br2N5O2S. The van der Waals surface area contributed by atoms with Crippen molar-refractivity contribution in [1.82, 2.24) is 24.1 Å². The molecule has 0 fully saturated rings. The molecule has 7 nitrogen and oxygen atoms in total. The molecule has 3 aromatic heterocycles. The van der Waals surface area contributed by atoms with E-state index < -0.39 is 0 Å². The molecule has 0 saturated heterocycles. The number of benzene rings is 2. The van der Waals surface area contributed by atoms with Gasteiger partial charge in [-0.2, -0.15) is 0 Å². The van der Waals surface area contributed by atoms with E-state index in [0.29, 0.717) is 42.8 Å². The third kappa shape index (κ3) is 5.42. The van der Waals surface area contributed by atoms with Gasteiger partial charge in [0.05, 0.1) is 18.7 Å². The minimum absolute atomic E-state index is 0.301. The first-order valence-corrected chi connectivity index (χ1v) is 14.0. The lowest BCUT2D eigenvalue weighted by molar-refractivity contribution is 0.0612. The quantitative estimate of drug-likeness (QED) is 0.157. The summed E-state index contributed by atoms with van der Waals surface area (Å²) in [7, 11) is 0. The highest BCUT2D eigenvalue weighted by molar-refractivity contribution is 9.13. The number of nitrogens with zero attached hydrogens (tertiary/aromatic N) is 5. The number of thioether (sulfide) groups is 1. The van der Waals surface area contributed by atoms with Crippen LogP contribution in [0.3, 0.4) is 0 Å². The first-order valence-electron chi connectivity index (χ1n) is 11.2. The zero-order valence-electron chi connectivity index (χ0n) is 19.5. The fraction of sp³-hybridized carbons (Fsp3) is 0.192. The second kappa shape index (κ2) is 11.7.